The highest BCUT2D eigenvalue weighted by Gasteiger charge is 2.26. The van der Waals surface area contributed by atoms with Crippen LogP contribution in [-0.4, -0.2) is 11.9 Å². The maximum atomic E-state index is 10.9. The van der Waals surface area contributed by atoms with E-state index in [2.05, 4.69) is 26.1 Å². The lowest BCUT2D eigenvalue weighted by Gasteiger charge is -2.32. The third kappa shape index (κ3) is 2.07. The third-order valence-corrected chi connectivity index (χ3v) is 2.00. The molecule has 2 heteroatoms. The Morgan fingerprint density at radius 1 is 1.55 bits per heavy atom. The lowest BCUT2D eigenvalue weighted by Crippen LogP contribution is -2.44. The van der Waals surface area contributed by atoms with Crippen molar-refractivity contribution in [2.45, 2.75) is 33.2 Å². The molecule has 0 saturated heterocycles. The summed E-state index contributed by atoms with van der Waals surface area (Å²) in [6.07, 6.45) is 4.49. The van der Waals surface area contributed by atoms with Crippen molar-refractivity contribution in [1.29, 1.82) is 0 Å². The van der Waals surface area contributed by atoms with Crippen LogP contribution in [0.2, 0.25) is 0 Å². The molecule has 62 valence electrons. The SMILES string of the molecule is CC(C)(C)[C@@H]1CC=CC(=O)N1. The molecule has 1 atom stereocenters. The topological polar surface area (TPSA) is 29.1 Å². The van der Waals surface area contributed by atoms with Gasteiger partial charge in [-0.3, -0.25) is 4.79 Å². The largest absolute Gasteiger partial charge is 0.349 e. The number of amides is 1. The highest BCUT2D eigenvalue weighted by atomic mass is 16.1. The Balaban J connectivity index is 2.64. The Labute approximate surface area is 67.7 Å². The van der Waals surface area contributed by atoms with Crippen molar-refractivity contribution in [3.63, 3.8) is 0 Å². The van der Waals surface area contributed by atoms with Crippen molar-refractivity contribution in [3.05, 3.63) is 12.2 Å². The van der Waals surface area contributed by atoms with Crippen LogP contribution in [0.5, 0.6) is 0 Å². The molecule has 0 bridgehead atoms. The standard InChI is InChI=1S/C9H15NO/c1-9(2,3)7-5-4-6-8(11)10-7/h4,6-7H,5H2,1-3H3,(H,10,11)/t7-/m0/s1. The normalized spacial score (nSPS) is 25.0. The minimum absolute atomic E-state index is 0.0381. The fourth-order valence-corrected chi connectivity index (χ4v) is 1.16. The molecule has 0 spiro atoms. The molecule has 0 fully saturated rings. The molecular formula is C9H15NO. The highest BCUT2D eigenvalue weighted by molar-refractivity contribution is 5.88. The molecule has 0 aromatic carbocycles. The first-order chi connectivity index (χ1) is 5.00. The highest BCUT2D eigenvalue weighted by Crippen LogP contribution is 2.23. The minimum atomic E-state index is 0.0381. The molecule has 1 rings (SSSR count). The zero-order valence-corrected chi connectivity index (χ0v) is 7.35. The van der Waals surface area contributed by atoms with Crippen LogP contribution in [0, 0.1) is 5.41 Å². The Morgan fingerprint density at radius 2 is 2.18 bits per heavy atom. The monoisotopic (exact) mass is 153 g/mol. The van der Waals surface area contributed by atoms with Gasteiger partial charge in [-0.25, -0.2) is 0 Å². The van der Waals surface area contributed by atoms with Gasteiger partial charge in [0.2, 0.25) is 5.91 Å². The van der Waals surface area contributed by atoms with E-state index in [1.54, 1.807) is 6.08 Å². The molecule has 2 nitrogen and oxygen atoms in total. The summed E-state index contributed by atoms with van der Waals surface area (Å²) in [5.41, 5.74) is 0.167. The van der Waals surface area contributed by atoms with E-state index >= 15 is 0 Å². The van der Waals surface area contributed by atoms with Crippen LogP contribution in [-0.2, 0) is 4.79 Å². The molecule has 0 saturated carbocycles. The van der Waals surface area contributed by atoms with Gasteiger partial charge in [0.15, 0.2) is 0 Å². The molecule has 0 radical (unpaired) electrons. The van der Waals surface area contributed by atoms with E-state index in [4.69, 9.17) is 0 Å². The van der Waals surface area contributed by atoms with Gasteiger partial charge in [0.05, 0.1) is 0 Å². The van der Waals surface area contributed by atoms with Crippen LogP contribution in [0.25, 0.3) is 0 Å². The van der Waals surface area contributed by atoms with E-state index in [9.17, 15) is 4.79 Å². The van der Waals surface area contributed by atoms with Crippen LogP contribution in [0.15, 0.2) is 12.2 Å². The molecular weight excluding hydrogens is 138 g/mol. The molecule has 1 heterocycles. The van der Waals surface area contributed by atoms with E-state index in [-0.39, 0.29) is 11.3 Å². The van der Waals surface area contributed by atoms with Gasteiger partial charge >= 0.3 is 0 Å². The lowest BCUT2D eigenvalue weighted by molar-refractivity contribution is -0.118. The summed E-state index contributed by atoms with van der Waals surface area (Å²) >= 11 is 0. The number of rotatable bonds is 0. The van der Waals surface area contributed by atoms with E-state index in [0.717, 1.165) is 6.42 Å². The zero-order chi connectivity index (χ0) is 8.48. The predicted molar refractivity (Wildman–Crippen MR) is 45.1 cm³/mol. The Bertz CT molecular complexity index is 188. The predicted octanol–water partition coefficient (Wildman–Crippen LogP) is 1.48. The summed E-state index contributed by atoms with van der Waals surface area (Å²) in [7, 11) is 0. The minimum Gasteiger partial charge on any atom is -0.349 e. The van der Waals surface area contributed by atoms with Gasteiger partial charge in [-0.1, -0.05) is 26.8 Å². The zero-order valence-electron chi connectivity index (χ0n) is 7.35. The number of carbonyl (C=O) groups is 1. The average Bonchev–Trinajstić information content (AvgIpc) is 1.86. The second-order valence-electron chi connectivity index (χ2n) is 4.07. The van der Waals surface area contributed by atoms with Crippen LogP contribution in [0.4, 0.5) is 0 Å². The molecule has 11 heavy (non-hydrogen) atoms. The summed E-state index contributed by atoms with van der Waals surface area (Å²) in [6.45, 7) is 6.41. The van der Waals surface area contributed by atoms with E-state index < -0.39 is 0 Å². The average molecular weight is 153 g/mol. The quantitative estimate of drug-likeness (QED) is 0.561. The first-order valence-electron chi connectivity index (χ1n) is 3.97. The van der Waals surface area contributed by atoms with Gasteiger partial charge in [-0.2, -0.15) is 0 Å². The maximum absolute atomic E-state index is 10.9. The lowest BCUT2D eigenvalue weighted by atomic mass is 9.83. The summed E-state index contributed by atoms with van der Waals surface area (Å²) < 4.78 is 0. The second-order valence-corrected chi connectivity index (χ2v) is 4.07. The summed E-state index contributed by atoms with van der Waals surface area (Å²) in [4.78, 5) is 10.9. The molecule has 1 aliphatic rings. The first-order valence-corrected chi connectivity index (χ1v) is 3.97. The number of carbonyl (C=O) groups excluding carboxylic acids is 1. The van der Waals surface area contributed by atoms with Crippen molar-refractivity contribution < 1.29 is 4.79 Å². The van der Waals surface area contributed by atoms with Crippen molar-refractivity contribution in [3.8, 4) is 0 Å². The van der Waals surface area contributed by atoms with Crippen molar-refractivity contribution in [2.75, 3.05) is 0 Å². The van der Waals surface area contributed by atoms with Gasteiger partial charge in [0, 0.05) is 6.04 Å². The molecule has 0 aromatic heterocycles. The third-order valence-electron chi connectivity index (χ3n) is 2.00. The molecule has 0 aliphatic carbocycles. The molecule has 1 amide bonds. The van der Waals surface area contributed by atoms with E-state index in [1.165, 1.54) is 0 Å². The van der Waals surface area contributed by atoms with Gasteiger partial charge in [0.25, 0.3) is 0 Å². The molecule has 1 aliphatic heterocycles. The fourth-order valence-electron chi connectivity index (χ4n) is 1.16. The van der Waals surface area contributed by atoms with Crippen molar-refractivity contribution in [2.24, 2.45) is 5.41 Å². The second kappa shape index (κ2) is 2.68. The maximum Gasteiger partial charge on any atom is 0.243 e. The summed E-state index contributed by atoms with van der Waals surface area (Å²) in [5, 5.41) is 2.93. The number of nitrogens with one attached hydrogen (secondary N) is 1. The Kier molecular flexibility index (Phi) is 2.03. The first kappa shape index (κ1) is 8.31. The van der Waals surface area contributed by atoms with Crippen LogP contribution in [0.1, 0.15) is 27.2 Å². The van der Waals surface area contributed by atoms with Gasteiger partial charge < -0.3 is 5.32 Å². The van der Waals surface area contributed by atoms with E-state index in [1.807, 2.05) is 6.08 Å². The summed E-state index contributed by atoms with van der Waals surface area (Å²) in [6, 6.07) is 0.292. The molecule has 1 N–H and O–H groups in total. The van der Waals surface area contributed by atoms with Crippen LogP contribution >= 0.6 is 0 Å². The number of hydrogen-bond donors (Lipinski definition) is 1. The number of hydrogen-bond acceptors (Lipinski definition) is 1. The van der Waals surface area contributed by atoms with Gasteiger partial charge in [-0.05, 0) is 17.9 Å². The smallest absolute Gasteiger partial charge is 0.243 e. The summed E-state index contributed by atoms with van der Waals surface area (Å²) in [5.74, 6) is 0.0381. The fraction of sp³-hybridized carbons (Fsp3) is 0.667. The van der Waals surface area contributed by atoms with Gasteiger partial charge in [-0.15, -0.1) is 0 Å². The Morgan fingerprint density at radius 3 is 2.55 bits per heavy atom. The Hall–Kier alpha value is -0.790. The van der Waals surface area contributed by atoms with Crippen molar-refractivity contribution >= 4 is 5.91 Å². The van der Waals surface area contributed by atoms with Crippen LogP contribution < -0.4 is 5.32 Å². The van der Waals surface area contributed by atoms with Crippen molar-refractivity contribution in [1.82, 2.24) is 5.32 Å². The van der Waals surface area contributed by atoms with Gasteiger partial charge in [0.1, 0.15) is 0 Å². The van der Waals surface area contributed by atoms with E-state index in [0.29, 0.717) is 6.04 Å². The van der Waals surface area contributed by atoms with Crippen LogP contribution in [0.3, 0.4) is 0 Å². The molecule has 0 unspecified atom stereocenters. The molecule has 0 aromatic rings.